The minimum Gasteiger partial charge on any atom is -0.491 e. The molecule has 19 heavy (non-hydrogen) atoms. The average molecular weight is 261 g/mol. The predicted octanol–water partition coefficient (Wildman–Crippen LogP) is 3.25. The average Bonchev–Trinajstić information content (AvgIpc) is 2.67. The lowest BCUT2D eigenvalue weighted by Crippen LogP contribution is -2.13. The summed E-state index contributed by atoms with van der Waals surface area (Å²) in [6.07, 6.45) is 1.23. The Morgan fingerprint density at radius 2 is 2.05 bits per heavy atom. The smallest absolute Gasteiger partial charge is 0.126 e. The molecule has 2 N–H and O–H groups in total. The summed E-state index contributed by atoms with van der Waals surface area (Å²) in [5.41, 5.74) is 8.10. The highest BCUT2D eigenvalue weighted by atomic mass is 16.5. The van der Waals surface area contributed by atoms with Crippen molar-refractivity contribution in [1.82, 2.24) is 9.55 Å². The summed E-state index contributed by atoms with van der Waals surface area (Å²) in [7, 11) is 0. The minimum atomic E-state index is -0.0617. The van der Waals surface area contributed by atoms with Crippen LogP contribution in [-0.4, -0.2) is 15.7 Å². The lowest BCUT2D eigenvalue weighted by atomic mass is 10.3. The Kier molecular flexibility index (Phi) is 4.10. The molecule has 1 aromatic heterocycles. The summed E-state index contributed by atoms with van der Waals surface area (Å²) in [6, 6.07) is 6.00. The van der Waals surface area contributed by atoms with E-state index >= 15 is 0 Å². The van der Waals surface area contributed by atoms with Gasteiger partial charge in [0, 0.05) is 12.6 Å². The normalized spacial score (nSPS) is 13.2. The Labute approximate surface area is 114 Å². The molecule has 4 nitrogen and oxygen atoms in total. The van der Waals surface area contributed by atoms with Crippen molar-refractivity contribution < 1.29 is 4.74 Å². The molecular formula is C15H23N3O. The van der Waals surface area contributed by atoms with E-state index in [0.29, 0.717) is 0 Å². The van der Waals surface area contributed by atoms with Crippen molar-refractivity contribution in [2.75, 3.05) is 0 Å². The summed E-state index contributed by atoms with van der Waals surface area (Å²) in [4.78, 5) is 4.66. The first-order valence-corrected chi connectivity index (χ1v) is 6.95. The molecule has 1 heterocycles. The van der Waals surface area contributed by atoms with Crippen LogP contribution in [0.1, 0.15) is 46.0 Å². The minimum absolute atomic E-state index is 0.0617. The van der Waals surface area contributed by atoms with Crippen LogP contribution in [0.15, 0.2) is 18.2 Å². The maximum absolute atomic E-state index is 6.01. The number of hydrogen-bond donors (Lipinski definition) is 1. The molecule has 0 saturated heterocycles. The second-order valence-electron chi connectivity index (χ2n) is 5.23. The molecule has 0 bridgehead atoms. The van der Waals surface area contributed by atoms with Crippen LogP contribution in [0.2, 0.25) is 0 Å². The van der Waals surface area contributed by atoms with E-state index in [1.54, 1.807) is 0 Å². The highest BCUT2D eigenvalue weighted by molar-refractivity contribution is 5.78. The number of benzene rings is 1. The molecule has 0 aliphatic heterocycles. The number of hydrogen-bond acceptors (Lipinski definition) is 3. The fourth-order valence-electron chi connectivity index (χ4n) is 2.28. The number of rotatable bonds is 5. The lowest BCUT2D eigenvalue weighted by molar-refractivity contribution is 0.242. The van der Waals surface area contributed by atoms with Gasteiger partial charge in [-0.1, -0.05) is 6.92 Å². The Hall–Kier alpha value is -1.55. The van der Waals surface area contributed by atoms with Crippen LogP contribution >= 0.6 is 0 Å². The van der Waals surface area contributed by atoms with Gasteiger partial charge in [-0.25, -0.2) is 4.98 Å². The summed E-state index contributed by atoms with van der Waals surface area (Å²) < 4.78 is 7.92. The summed E-state index contributed by atoms with van der Waals surface area (Å²) in [5.74, 6) is 1.80. The third-order valence-corrected chi connectivity index (χ3v) is 2.98. The molecule has 104 valence electrons. The second kappa shape index (κ2) is 5.61. The number of nitrogens with two attached hydrogens (primary N) is 1. The van der Waals surface area contributed by atoms with Crippen molar-refractivity contribution in [2.45, 2.75) is 52.8 Å². The fourth-order valence-corrected chi connectivity index (χ4v) is 2.28. The van der Waals surface area contributed by atoms with Crippen LogP contribution in [-0.2, 0) is 6.54 Å². The van der Waals surface area contributed by atoms with Crippen LogP contribution in [0, 0.1) is 0 Å². The van der Waals surface area contributed by atoms with Gasteiger partial charge in [0.15, 0.2) is 0 Å². The van der Waals surface area contributed by atoms with Crippen LogP contribution in [0.25, 0.3) is 11.0 Å². The van der Waals surface area contributed by atoms with Crippen molar-refractivity contribution in [3.63, 3.8) is 0 Å². The van der Waals surface area contributed by atoms with Crippen LogP contribution < -0.4 is 10.5 Å². The molecule has 0 amide bonds. The standard InChI is InChI=1S/C15H23N3O/c1-5-8-18-14-7-6-12(19-10(2)3)9-13(14)17-15(18)11(4)16/h6-7,9-11H,5,8,16H2,1-4H3. The zero-order valence-electron chi connectivity index (χ0n) is 12.2. The Bertz CT molecular complexity index is 558. The van der Waals surface area contributed by atoms with Crippen molar-refractivity contribution in [2.24, 2.45) is 5.73 Å². The van der Waals surface area contributed by atoms with E-state index in [-0.39, 0.29) is 12.1 Å². The van der Waals surface area contributed by atoms with Gasteiger partial charge >= 0.3 is 0 Å². The fraction of sp³-hybridized carbons (Fsp3) is 0.533. The molecule has 0 fully saturated rings. The van der Waals surface area contributed by atoms with E-state index < -0.39 is 0 Å². The van der Waals surface area contributed by atoms with E-state index in [2.05, 4.69) is 22.5 Å². The number of ether oxygens (including phenoxy) is 1. The first kappa shape index (κ1) is 13.9. The van der Waals surface area contributed by atoms with Gasteiger partial charge in [0.05, 0.1) is 23.2 Å². The summed E-state index contributed by atoms with van der Waals surface area (Å²) in [5, 5.41) is 0. The van der Waals surface area contributed by atoms with E-state index in [0.717, 1.165) is 35.6 Å². The monoisotopic (exact) mass is 261 g/mol. The first-order valence-electron chi connectivity index (χ1n) is 6.95. The zero-order chi connectivity index (χ0) is 14.0. The van der Waals surface area contributed by atoms with Gasteiger partial charge in [-0.05, 0) is 39.3 Å². The van der Waals surface area contributed by atoms with E-state index in [9.17, 15) is 0 Å². The SMILES string of the molecule is CCCn1c(C(C)N)nc2cc(OC(C)C)ccc21. The van der Waals surface area contributed by atoms with Gasteiger partial charge in [-0.3, -0.25) is 0 Å². The molecule has 0 radical (unpaired) electrons. The molecule has 4 heteroatoms. The van der Waals surface area contributed by atoms with Gasteiger partial charge in [0.1, 0.15) is 11.6 Å². The predicted molar refractivity (Wildman–Crippen MR) is 78.4 cm³/mol. The van der Waals surface area contributed by atoms with Gasteiger partial charge in [-0.2, -0.15) is 0 Å². The molecule has 0 spiro atoms. The van der Waals surface area contributed by atoms with Crippen molar-refractivity contribution in [3.8, 4) is 5.75 Å². The summed E-state index contributed by atoms with van der Waals surface area (Å²) in [6.45, 7) is 9.12. The molecule has 1 aromatic carbocycles. The number of nitrogens with zero attached hydrogens (tertiary/aromatic N) is 2. The Balaban J connectivity index is 2.49. The zero-order valence-corrected chi connectivity index (χ0v) is 12.2. The van der Waals surface area contributed by atoms with Crippen LogP contribution in [0.3, 0.4) is 0 Å². The van der Waals surface area contributed by atoms with Crippen molar-refractivity contribution in [1.29, 1.82) is 0 Å². The third kappa shape index (κ3) is 2.89. The largest absolute Gasteiger partial charge is 0.491 e. The molecule has 0 aliphatic carbocycles. The lowest BCUT2D eigenvalue weighted by Gasteiger charge is -2.11. The highest BCUT2D eigenvalue weighted by Crippen LogP contribution is 2.25. The summed E-state index contributed by atoms with van der Waals surface area (Å²) >= 11 is 0. The van der Waals surface area contributed by atoms with Crippen molar-refractivity contribution >= 4 is 11.0 Å². The van der Waals surface area contributed by atoms with E-state index in [1.165, 1.54) is 0 Å². The second-order valence-corrected chi connectivity index (χ2v) is 5.23. The Morgan fingerprint density at radius 1 is 1.32 bits per heavy atom. The molecule has 1 unspecified atom stereocenters. The molecule has 2 aromatic rings. The third-order valence-electron chi connectivity index (χ3n) is 2.98. The maximum Gasteiger partial charge on any atom is 0.126 e. The number of aryl methyl sites for hydroxylation is 1. The number of aromatic nitrogens is 2. The van der Waals surface area contributed by atoms with Crippen molar-refractivity contribution in [3.05, 3.63) is 24.0 Å². The molecule has 1 atom stereocenters. The quantitative estimate of drug-likeness (QED) is 0.898. The van der Waals surface area contributed by atoms with Crippen LogP contribution in [0.5, 0.6) is 5.75 Å². The van der Waals surface area contributed by atoms with Gasteiger partial charge in [0.2, 0.25) is 0 Å². The number of imidazole rings is 1. The number of fused-ring (bicyclic) bond motifs is 1. The Morgan fingerprint density at radius 3 is 2.63 bits per heavy atom. The van der Waals surface area contributed by atoms with E-state index in [4.69, 9.17) is 10.5 Å². The highest BCUT2D eigenvalue weighted by Gasteiger charge is 2.14. The van der Waals surface area contributed by atoms with Crippen LogP contribution in [0.4, 0.5) is 0 Å². The molecule has 0 aliphatic rings. The topological polar surface area (TPSA) is 53.1 Å². The maximum atomic E-state index is 6.01. The molecular weight excluding hydrogens is 238 g/mol. The first-order chi connectivity index (χ1) is 9.02. The van der Waals surface area contributed by atoms with Gasteiger partial charge < -0.3 is 15.0 Å². The van der Waals surface area contributed by atoms with E-state index in [1.807, 2.05) is 32.9 Å². The molecule has 2 rings (SSSR count). The van der Waals surface area contributed by atoms with Gasteiger partial charge in [0.25, 0.3) is 0 Å². The molecule has 0 saturated carbocycles. The van der Waals surface area contributed by atoms with Gasteiger partial charge in [-0.15, -0.1) is 0 Å².